The zero-order valence-corrected chi connectivity index (χ0v) is 10.8. The second-order valence-electron chi connectivity index (χ2n) is 3.76. The van der Waals surface area contributed by atoms with Crippen LogP contribution in [0.25, 0.3) is 0 Å². The highest BCUT2D eigenvalue weighted by molar-refractivity contribution is 6.31. The first-order valence-corrected chi connectivity index (χ1v) is 5.91. The Bertz CT molecular complexity index is 391. The van der Waals surface area contributed by atoms with E-state index in [4.69, 9.17) is 11.6 Å². The molecular formula is C13H17ClN2. The lowest BCUT2D eigenvalue weighted by molar-refractivity contribution is 0.262. The maximum Gasteiger partial charge on any atom is 0.123 e. The topological polar surface area (TPSA) is 27.0 Å². The summed E-state index contributed by atoms with van der Waals surface area (Å²) in [6.07, 6.45) is 0. The Hall–Kier alpha value is -1.04. The van der Waals surface area contributed by atoms with Crippen molar-refractivity contribution in [1.29, 1.82) is 5.26 Å². The number of hydrogen-bond acceptors (Lipinski definition) is 2. The first-order valence-electron chi connectivity index (χ1n) is 5.53. The third-order valence-corrected chi connectivity index (χ3v) is 3.22. The van der Waals surface area contributed by atoms with Crippen LogP contribution in [0.2, 0.25) is 5.02 Å². The maximum atomic E-state index is 9.24. The summed E-state index contributed by atoms with van der Waals surface area (Å²) in [7, 11) is 0. The van der Waals surface area contributed by atoms with Crippen LogP contribution in [-0.4, -0.2) is 18.0 Å². The van der Waals surface area contributed by atoms with E-state index in [1.807, 2.05) is 25.1 Å². The van der Waals surface area contributed by atoms with Crippen LogP contribution >= 0.6 is 11.6 Å². The van der Waals surface area contributed by atoms with Crippen LogP contribution in [0.15, 0.2) is 18.2 Å². The lowest BCUT2D eigenvalue weighted by Crippen LogP contribution is -2.27. The fourth-order valence-corrected chi connectivity index (χ4v) is 1.92. The Morgan fingerprint density at radius 3 is 2.44 bits per heavy atom. The molecule has 0 saturated heterocycles. The molecule has 3 heteroatoms. The van der Waals surface area contributed by atoms with Crippen molar-refractivity contribution in [3.8, 4) is 6.07 Å². The summed E-state index contributed by atoms with van der Waals surface area (Å²) < 4.78 is 0. The number of rotatable bonds is 4. The highest BCUT2D eigenvalue weighted by Gasteiger charge is 2.17. The van der Waals surface area contributed by atoms with Gasteiger partial charge in [0.15, 0.2) is 0 Å². The molecule has 16 heavy (non-hydrogen) atoms. The Kier molecular flexibility index (Phi) is 4.79. The Morgan fingerprint density at radius 1 is 1.38 bits per heavy atom. The molecule has 0 aromatic heterocycles. The van der Waals surface area contributed by atoms with Gasteiger partial charge < -0.3 is 0 Å². The predicted molar refractivity (Wildman–Crippen MR) is 67.5 cm³/mol. The smallest absolute Gasteiger partial charge is 0.123 e. The molecule has 0 fully saturated rings. The van der Waals surface area contributed by atoms with Crippen LogP contribution in [0.5, 0.6) is 0 Å². The van der Waals surface area contributed by atoms with Crippen molar-refractivity contribution >= 4 is 11.6 Å². The average Bonchev–Trinajstić information content (AvgIpc) is 2.29. The second-order valence-corrected chi connectivity index (χ2v) is 4.17. The van der Waals surface area contributed by atoms with Gasteiger partial charge in [0.25, 0.3) is 0 Å². The van der Waals surface area contributed by atoms with Crippen molar-refractivity contribution in [3.05, 3.63) is 34.3 Å². The normalized spacial score (nSPS) is 12.5. The van der Waals surface area contributed by atoms with Gasteiger partial charge in [0, 0.05) is 5.02 Å². The third-order valence-electron chi connectivity index (χ3n) is 2.81. The number of benzene rings is 1. The number of nitrogens with zero attached hydrogens (tertiary/aromatic N) is 2. The fourth-order valence-electron chi connectivity index (χ4n) is 1.73. The summed E-state index contributed by atoms with van der Waals surface area (Å²) in [5.41, 5.74) is 2.02. The van der Waals surface area contributed by atoms with Gasteiger partial charge in [-0.2, -0.15) is 5.26 Å². The summed E-state index contributed by atoms with van der Waals surface area (Å²) >= 11 is 6.08. The minimum Gasteiger partial charge on any atom is -0.285 e. The number of nitriles is 1. The Labute approximate surface area is 102 Å². The van der Waals surface area contributed by atoms with Crippen LogP contribution < -0.4 is 0 Å². The highest BCUT2D eigenvalue weighted by Crippen LogP contribution is 2.24. The van der Waals surface area contributed by atoms with Crippen LogP contribution in [0.4, 0.5) is 0 Å². The molecule has 0 radical (unpaired) electrons. The monoisotopic (exact) mass is 236 g/mol. The predicted octanol–water partition coefficient (Wildman–Crippen LogP) is 3.55. The van der Waals surface area contributed by atoms with Crippen molar-refractivity contribution in [2.24, 2.45) is 0 Å². The molecule has 0 aliphatic heterocycles. The number of halogens is 1. The van der Waals surface area contributed by atoms with Crippen molar-refractivity contribution in [2.75, 3.05) is 13.1 Å². The highest BCUT2D eigenvalue weighted by atomic mass is 35.5. The van der Waals surface area contributed by atoms with Crippen molar-refractivity contribution in [3.63, 3.8) is 0 Å². The van der Waals surface area contributed by atoms with Gasteiger partial charge in [-0.05, 0) is 37.2 Å². The minimum atomic E-state index is -0.201. The van der Waals surface area contributed by atoms with E-state index in [9.17, 15) is 5.26 Å². The summed E-state index contributed by atoms with van der Waals surface area (Å²) in [6.45, 7) is 7.80. The molecule has 0 saturated carbocycles. The standard InChI is InChI=1S/C13H17ClN2/c1-4-16(5-2)13(9-15)11-7-6-10(3)12(14)8-11/h6-8,13H,4-5H2,1-3H3. The van der Waals surface area contributed by atoms with Gasteiger partial charge in [0.2, 0.25) is 0 Å². The van der Waals surface area contributed by atoms with Crippen molar-refractivity contribution in [1.82, 2.24) is 4.90 Å². The van der Waals surface area contributed by atoms with E-state index in [-0.39, 0.29) is 6.04 Å². The second kappa shape index (κ2) is 5.89. The van der Waals surface area contributed by atoms with Gasteiger partial charge >= 0.3 is 0 Å². The quantitative estimate of drug-likeness (QED) is 0.800. The molecule has 0 spiro atoms. The Balaban J connectivity index is 3.05. The molecule has 0 amide bonds. The summed E-state index contributed by atoms with van der Waals surface area (Å²) in [6, 6.07) is 7.97. The van der Waals surface area contributed by atoms with Gasteiger partial charge in [0.05, 0.1) is 6.07 Å². The molecule has 86 valence electrons. The molecule has 2 nitrogen and oxygen atoms in total. The Morgan fingerprint density at radius 2 is 2.00 bits per heavy atom. The van der Waals surface area contributed by atoms with Gasteiger partial charge in [0.1, 0.15) is 6.04 Å². The molecule has 0 bridgehead atoms. The van der Waals surface area contributed by atoms with Gasteiger partial charge in [-0.3, -0.25) is 4.90 Å². The van der Waals surface area contributed by atoms with Gasteiger partial charge in [-0.1, -0.05) is 37.6 Å². The summed E-state index contributed by atoms with van der Waals surface area (Å²) in [4.78, 5) is 2.11. The SMILES string of the molecule is CCN(CC)C(C#N)c1ccc(C)c(Cl)c1. The lowest BCUT2D eigenvalue weighted by Gasteiger charge is -2.24. The maximum absolute atomic E-state index is 9.24. The van der Waals surface area contributed by atoms with Crippen LogP contribution in [0.3, 0.4) is 0 Å². The largest absolute Gasteiger partial charge is 0.285 e. The first kappa shape index (κ1) is 13.0. The van der Waals surface area contributed by atoms with Crippen LogP contribution in [-0.2, 0) is 0 Å². The van der Waals surface area contributed by atoms with Gasteiger partial charge in [-0.15, -0.1) is 0 Å². The van der Waals surface area contributed by atoms with Gasteiger partial charge in [-0.25, -0.2) is 0 Å². The zero-order valence-electron chi connectivity index (χ0n) is 10.00. The molecule has 1 aromatic rings. The lowest BCUT2D eigenvalue weighted by atomic mass is 10.0. The molecule has 0 heterocycles. The summed E-state index contributed by atoms with van der Waals surface area (Å²) in [5, 5.41) is 9.96. The third kappa shape index (κ3) is 2.75. The van der Waals surface area contributed by atoms with Crippen molar-refractivity contribution < 1.29 is 0 Å². The molecular weight excluding hydrogens is 220 g/mol. The van der Waals surface area contributed by atoms with E-state index < -0.39 is 0 Å². The van der Waals surface area contributed by atoms with E-state index in [1.165, 1.54) is 0 Å². The number of aryl methyl sites for hydroxylation is 1. The minimum absolute atomic E-state index is 0.201. The van der Waals surface area contributed by atoms with Crippen molar-refractivity contribution in [2.45, 2.75) is 26.8 Å². The first-order chi connectivity index (χ1) is 7.63. The molecule has 0 N–H and O–H groups in total. The summed E-state index contributed by atoms with van der Waals surface area (Å²) in [5.74, 6) is 0. The van der Waals surface area contributed by atoms with Crippen LogP contribution in [0.1, 0.15) is 31.0 Å². The van der Waals surface area contributed by atoms with E-state index >= 15 is 0 Å². The molecule has 1 atom stereocenters. The molecule has 1 unspecified atom stereocenters. The van der Waals surface area contributed by atoms with E-state index in [0.717, 1.165) is 29.2 Å². The van der Waals surface area contributed by atoms with E-state index in [1.54, 1.807) is 0 Å². The average molecular weight is 237 g/mol. The van der Waals surface area contributed by atoms with E-state index in [0.29, 0.717) is 0 Å². The molecule has 0 aliphatic rings. The molecule has 1 rings (SSSR count). The van der Waals surface area contributed by atoms with Crippen LogP contribution in [0, 0.1) is 18.3 Å². The fraction of sp³-hybridized carbons (Fsp3) is 0.462. The number of hydrogen-bond donors (Lipinski definition) is 0. The van der Waals surface area contributed by atoms with E-state index in [2.05, 4.69) is 24.8 Å². The molecule has 1 aromatic carbocycles. The molecule has 0 aliphatic carbocycles. The zero-order chi connectivity index (χ0) is 12.1.